The molecule has 7 heteroatoms. The number of hydrogen-bond acceptors (Lipinski definition) is 4. The van der Waals surface area contributed by atoms with Crippen molar-refractivity contribution in [3.63, 3.8) is 0 Å². The van der Waals surface area contributed by atoms with Crippen molar-refractivity contribution in [1.29, 1.82) is 0 Å². The van der Waals surface area contributed by atoms with Gasteiger partial charge in [-0.3, -0.25) is 10.1 Å². The summed E-state index contributed by atoms with van der Waals surface area (Å²) in [5, 5.41) is 14.6. The quantitative estimate of drug-likeness (QED) is 0.525. The second-order valence-corrected chi connectivity index (χ2v) is 5.90. The van der Waals surface area contributed by atoms with Crippen molar-refractivity contribution in [2.75, 3.05) is 36.4 Å². The fourth-order valence-electron chi connectivity index (χ4n) is 2.74. The third-order valence-electron chi connectivity index (χ3n) is 4.03. The fraction of sp³-hybridized carbons (Fsp3) is 0.235. The lowest BCUT2D eigenvalue weighted by Crippen LogP contribution is -2.50. The highest BCUT2D eigenvalue weighted by Gasteiger charge is 2.21. The van der Waals surface area contributed by atoms with Crippen LogP contribution in [0.3, 0.4) is 0 Å². The number of anilines is 2. The average Bonchev–Trinajstić information content (AvgIpc) is 2.63. The number of rotatable bonds is 3. The second kappa shape index (κ2) is 7.27. The Bertz CT molecular complexity index is 730. The summed E-state index contributed by atoms with van der Waals surface area (Å²) in [6, 6.07) is 16.8. The molecule has 1 saturated heterocycles. The Balaban J connectivity index is 1.61. The van der Waals surface area contributed by atoms with Crippen LogP contribution in [0.1, 0.15) is 0 Å². The molecule has 0 spiro atoms. The highest BCUT2D eigenvalue weighted by Crippen LogP contribution is 2.24. The average molecular weight is 342 g/mol. The smallest absolute Gasteiger partial charge is 0.292 e. The third-order valence-corrected chi connectivity index (χ3v) is 4.39. The highest BCUT2D eigenvalue weighted by molar-refractivity contribution is 7.80. The maximum absolute atomic E-state index is 11.1. The zero-order valence-corrected chi connectivity index (χ0v) is 13.9. The van der Waals surface area contributed by atoms with Crippen molar-refractivity contribution >= 4 is 34.4 Å². The van der Waals surface area contributed by atoms with Crippen LogP contribution in [0, 0.1) is 10.1 Å². The van der Waals surface area contributed by atoms with E-state index >= 15 is 0 Å². The van der Waals surface area contributed by atoms with Gasteiger partial charge in [0.2, 0.25) is 0 Å². The maximum Gasteiger partial charge on any atom is 0.292 e. The largest absolute Gasteiger partial charge is 0.368 e. The Labute approximate surface area is 145 Å². The molecule has 0 radical (unpaired) electrons. The summed E-state index contributed by atoms with van der Waals surface area (Å²) >= 11 is 5.43. The van der Waals surface area contributed by atoms with Crippen LogP contribution in [0.5, 0.6) is 0 Å². The number of nitro groups is 1. The van der Waals surface area contributed by atoms with E-state index in [-0.39, 0.29) is 5.69 Å². The summed E-state index contributed by atoms with van der Waals surface area (Å²) in [5.41, 5.74) is 1.66. The molecule has 2 aromatic rings. The van der Waals surface area contributed by atoms with E-state index in [4.69, 9.17) is 12.2 Å². The molecule has 3 rings (SSSR count). The number of benzene rings is 2. The van der Waals surface area contributed by atoms with E-state index in [0.717, 1.165) is 26.2 Å². The summed E-state index contributed by atoms with van der Waals surface area (Å²) in [4.78, 5) is 15.0. The molecule has 124 valence electrons. The zero-order chi connectivity index (χ0) is 16.9. The number of nitrogens with zero attached hydrogens (tertiary/aromatic N) is 3. The van der Waals surface area contributed by atoms with Crippen LogP contribution in [0.2, 0.25) is 0 Å². The molecule has 0 bridgehead atoms. The first-order chi connectivity index (χ1) is 11.6. The minimum atomic E-state index is -0.404. The molecule has 1 N–H and O–H groups in total. The summed E-state index contributed by atoms with van der Waals surface area (Å²) in [7, 11) is 0. The van der Waals surface area contributed by atoms with Crippen molar-refractivity contribution in [3.05, 3.63) is 64.7 Å². The van der Waals surface area contributed by atoms with Crippen LogP contribution in [-0.2, 0) is 0 Å². The number of nitrogens with one attached hydrogen (secondary N) is 1. The van der Waals surface area contributed by atoms with E-state index in [1.54, 1.807) is 18.2 Å². The van der Waals surface area contributed by atoms with Gasteiger partial charge in [0.05, 0.1) is 4.92 Å². The topological polar surface area (TPSA) is 61.7 Å². The standard InChI is InChI=1S/C17H18N4O2S/c22-21(23)16-9-5-4-8-15(16)18-17(24)20-12-10-19(11-13-20)14-6-2-1-3-7-14/h1-9H,10-13H2,(H,18,24). The van der Waals surface area contributed by atoms with E-state index in [1.807, 2.05) is 23.1 Å². The Morgan fingerprint density at radius 2 is 1.62 bits per heavy atom. The highest BCUT2D eigenvalue weighted by atomic mass is 32.1. The molecule has 0 aliphatic carbocycles. The number of para-hydroxylation sites is 3. The lowest BCUT2D eigenvalue weighted by Gasteiger charge is -2.37. The Hall–Kier alpha value is -2.67. The molecule has 1 heterocycles. The Kier molecular flexibility index (Phi) is 4.90. The van der Waals surface area contributed by atoms with E-state index < -0.39 is 4.92 Å². The first-order valence-corrected chi connectivity index (χ1v) is 8.15. The van der Waals surface area contributed by atoms with Gasteiger partial charge in [0.1, 0.15) is 5.69 Å². The molecule has 2 aromatic carbocycles. The van der Waals surface area contributed by atoms with Gasteiger partial charge in [-0.25, -0.2) is 0 Å². The molecule has 1 aliphatic heterocycles. The number of thiocarbonyl (C=S) groups is 1. The number of piperazine rings is 1. The Morgan fingerprint density at radius 1 is 1.00 bits per heavy atom. The summed E-state index contributed by atoms with van der Waals surface area (Å²) in [5.74, 6) is 0. The summed E-state index contributed by atoms with van der Waals surface area (Å²) in [6.07, 6.45) is 0. The Morgan fingerprint density at radius 3 is 2.29 bits per heavy atom. The number of hydrogen-bond donors (Lipinski definition) is 1. The van der Waals surface area contributed by atoms with Gasteiger partial charge in [-0.2, -0.15) is 0 Å². The molecule has 0 amide bonds. The van der Waals surface area contributed by atoms with Crippen LogP contribution in [0.15, 0.2) is 54.6 Å². The van der Waals surface area contributed by atoms with Crippen LogP contribution < -0.4 is 10.2 Å². The predicted molar refractivity (Wildman–Crippen MR) is 99.5 cm³/mol. The maximum atomic E-state index is 11.1. The summed E-state index contributed by atoms with van der Waals surface area (Å²) in [6.45, 7) is 3.29. The van der Waals surface area contributed by atoms with E-state index in [0.29, 0.717) is 10.8 Å². The zero-order valence-electron chi connectivity index (χ0n) is 13.1. The van der Waals surface area contributed by atoms with E-state index in [9.17, 15) is 10.1 Å². The minimum absolute atomic E-state index is 0.0303. The molecule has 0 saturated carbocycles. The second-order valence-electron chi connectivity index (χ2n) is 5.51. The minimum Gasteiger partial charge on any atom is -0.368 e. The lowest BCUT2D eigenvalue weighted by molar-refractivity contribution is -0.383. The first kappa shape index (κ1) is 16.2. The van der Waals surface area contributed by atoms with E-state index in [1.165, 1.54) is 11.8 Å². The molecular weight excluding hydrogens is 324 g/mol. The number of nitro benzene ring substituents is 1. The van der Waals surface area contributed by atoms with Crippen LogP contribution in [0.25, 0.3) is 0 Å². The molecule has 1 aliphatic rings. The van der Waals surface area contributed by atoms with Crippen LogP contribution >= 0.6 is 12.2 Å². The normalized spacial score (nSPS) is 14.3. The van der Waals surface area contributed by atoms with Gasteiger partial charge < -0.3 is 15.1 Å². The van der Waals surface area contributed by atoms with Gasteiger partial charge in [0.15, 0.2) is 5.11 Å². The van der Waals surface area contributed by atoms with Crippen molar-refractivity contribution in [2.45, 2.75) is 0 Å². The van der Waals surface area contributed by atoms with Crippen molar-refractivity contribution < 1.29 is 4.92 Å². The molecule has 0 aromatic heterocycles. The van der Waals surface area contributed by atoms with Gasteiger partial charge >= 0.3 is 0 Å². The molecule has 6 nitrogen and oxygen atoms in total. The van der Waals surface area contributed by atoms with Gasteiger partial charge in [0.25, 0.3) is 5.69 Å². The van der Waals surface area contributed by atoms with Crippen LogP contribution in [-0.4, -0.2) is 41.1 Å². The SMILES string of the molecule is O=[N+]([O-])c1ccccc1NC(=S)N1CCN(c2ccccc2)CC1. The fourth-order valence-corrected chi connectivity index (χ4v) is 3.03. The monoisotopic (exact) mass is 342 g/mol. The lowest BCUT2D eigenvalue weighted by atomic mass is 10.2. The van der Waals surface area contributed by atoms with Gasteiger partial charge in [-0.05, 0) is 30.4 Å². The molecule has 1 fully saturated rings. The van der Waals surface area contributed by atoms with Crippen molar-refractivity contribution in [1.82, 2.24) is 4.90 Å². The molecule has 0 atom stereocenters. The molecule has 24 heavy (non-hydrogen) atoms. The van der Waals surface area contributed by atoms with Gasteiger partial charge in [-0.1, -0.05) is 30.3 Å². The predicted octanol–water partition coefficient (Wildman–Crippen LogP) is 3.11. The van der Waals surface area contributed by atoms with Gasteiger partial charge in [0, 0.05) is 37.9 Å². The van der Waals surface area contributed by atoms with Crippen molar-refractivity contribution in [3.8, 4) is 0 Å². The third kappa shape index (κ3) is 3.62. The first-order valence-electron chi connectivity index (χ1n) is 7.74. The van der Waals surface area contributed by atoms with Crippen molar-refractivity contribution in [2.24, 2.45) is 0 Å². The van der Waals surface area contributed by atoms with Gasteiger partial charge in [-0.15, -0.1) is 0 Å². The van der Waals surface area contributed by atoms with E-state index in [2.05, 4.69) is 22.3 Å². The summed E-state index contributed by atoms with van der Waals surface area (Å²) < 4.78 is 0. The molecule has 0 unspecified atom stereocenters. The van der Waals surface area contributed by atoms with Crippen LogP contribution in [0.4, 0.5) is 17.1 Å². The molecular formula is C17H18N4O2S.